The van der Waals surface area contributed by atoms with Crippen molar-refractivity contribution >= 4 is 5.91 Å². The smallest absolute Gasteiger partial charge is 0.221 e. The van der Waals surface area contributed by atoms with Gasteiger partial charge in [0.2, 0.25) is 5.91 Å². The van der Waals surface area contributed by atoms with Crippen molar-refractivity contribution in [3.05, 3.63) is 0 Å². The SMILES string of the molecule is CC(C)C(N)CC(=O)NCCN(C)C1CCCC1. The highest BCUT2D eigenvalue weighted by molar-refractivity contribution is 5.76. The standard InChI is InChI=1S/C14H29N3O/c1-11(2)13(15)10-14(18)16-8-9-17(3)12-6-4-5-7-12/h11-13H,4-10,15H2,1-3H3,(H,16,18). The molecule has 3 N–H and O–H groups in total. The number of rotatable bonds is 7. The number of nitrogens with two attached hydrogens (primary N) is 1. The normalized spacial score (nSPS) is 18.6. The van der Waals surface area contributed by atoms with E-state index in [1.54, 1.807) is 0 Å². The number of nitrogens with one attached hydrogen (secondary N) is 1. The first-order valence-corrected chi connectivity index (χ1v) is 7.23. The number of hydrogen-bond donors (Lipinski definition) is 2. The third-order valence-corrected chi connectivity index (χ3v) is 4.01. The van der Waals surface area contributed by atoms with Crippen LogP contribution in [-0.2, 0) is 4.79 Å². The monoisotopic (exact) mass is 255 g/mol. The predicted molar refractivity (Wildman–Crippen MR) is 75.3 cm³/mol. The molecule has 1 aliphatic carbocycles. The third kappa shape index (κ3) is 5.36. The highest BCUT2D eigenvalue weighted by Gasteiger charge is 2.19. The van der Waals surface area contributed by atoms with Crippen molar-refractivity contribution in [2.45, 2.75) is 58.0 Å². The number of hydrogen-bond acceptors (Lipinski definition) is 3. The molecule has 1 fully saturated rings. The zero-order valence-electron chi connectivity index (χ0n) is 12.1. The Balaban J connectivity index is 2.11. The number of amides is 1. The summed E-state index contributed by atoms with van der Waals surface area (Å²) in [4.78, 5) is 14.0. The molecule has 4 heteroatoms. The number of carbonyl (C=O) groups excluding carboxylic acids is 1. The molecule has 1 amide bonds. The van der Waals surface area contributed by atoms with Crippen LogP contribution in [0, 0.1) is 5.92 Å². The highest BCUT2D eigenvalue weighted by Crippen LogP contribution is 2.21. The molecule has 18 heavy (non-hydrogen) atoms. The molecule has 0 aromatic carbocycles. The van der Waals surface area contributed by atoms with E-state index in [4.69, 9.17) is 5.73 Å². The summed E-state index contributed by atoms with van der Waals surface area (Å²) in [7, 11) is 2.15. The van der Waals surface area contributed by atoms with Crippen molar-refractivity contribution in [3.8, 4) is 0 Å². The second kappa shape index (κ2) is 7.74. The van der Waals surface area contributed by atoms with Gasteiger partial charge in [-0.3, -0.25) is 4.79 Å². The summed E-state index contributed by atoms with van der Waals surface area (Å²) < 4.78 is 0. The Morgan fingerprint density at radius 1 is 1.39 bits per heavy atom. The minimum absolute atomic E-state index is 0.0300. The third-order valence-electron chi connectivity index (χ3n) is 4.01. The molecule has 1 aliphatic rings. The summed E-state index contributed by atoms with van der Waals surface area (Å²) >= 11 is 0. The Labute approximate surface area is 111 Å². The van der Waals surface area contributed by atoms with Gasteiger partial charge in [-0.05, 0) is 25.8 Å². The van der Waals surface area contributed by atoms with Crippen LogP contribution in [0.15, 0.2) is 0 Å². The molecule has 1 rings (SSSR count). The van der Waals surface area contributed by atoms with Gasteiger partial charge in [0.1, 0.15) is 0 Å². The fraction of sp³-hybridized carbons (Fsp3) is 0.929. The first-order chi connectivity index (χ1) is 8.50. The molecular formula is C14H29N3O. The highest BCUT2D eigenvalue weighted by atomic mass is 16.1. The van der Waals surface area contributed by atoms with Crippen LogP contribution in [0.2, 0.25) is 0 Å². The largest absolute Gasteiger partial charge is 0.355 e. The van der Waals surface area contributed by atoms with E-state index in [1.807, 2.05) is 13.8 Å². The Kier molecular flexibility index (Phi) is 6.65. The number of carbonyl (C=O) groups is 1. The van der Waals surface area contributed by atoms with Gasteiger partial charge in [-0.1, -0.05) is 26.7 Å². The molecule has 0 heterocycles. The molecule has 106 valence electrons. The van der Waals surface area contributed by atoms with Crippen molar-refractivity contribution in [1.82, 2.24) is 10.2 Å². The van der Waals surface area contributed by atoms with Crippen LogP contribution in [0.4, 0.5) is 0 Å². The van der Waals surface area contributed by atoms with Gasteiger partial charge in [0, 0.05) is 31.6 Å². The first-order valence-electron chi connectivity index (χ1n) is 7.23. The van der Waals surface area contributed by atoms with Crippen molar-refractivity contribution in [2.75, 3.05) is 20.1 Å². The topological polar surface area (TPSA) is 58.4 Å². The average Bonchev–Trinajstić information content (AvgIpc) is 2.81. The van der Waals surface area contributed by atoms with Crippen molar-refractivity contribution in [1.29, 1.82) is 0 Å². The Morgan fingerprint density at radius 2 is 2.00 bits per heavy atom. The van der Waals surface area contributed by atoms with E-state index >= 15 is 0 Å². The van der Waals surface area contributed by atoms with Gasteiger partial charge in [-0.2, -0.15) is 0 Å². The van der Waals surface area contributed by atoms with Crippen molar-refractivity contribution in [3.63, 3.8) is 0 Å². The summed E-state index contributed by atoms with van der Waals surface area (Å²) in [6, 6.07) is 0.692. The maximum atomic E-state index is 11.7. The molecule has 1 saturated carbocycles. The van der Waals surface area contributed by atoms with Crippen LogP contribution in [-0.4, -0.2) is 43.0 Å². The fourth-order valence-corrected chi connectivity index (χ4v) is 2.42. The molecule has 1 unspecified atom stereocenters. The zero-order valence-corrected chi connectivity index (χ0v) is 12.1. The fourth-order valence-electron chi connectivity index (χ4n) is 2.42. The lowest BCUT2D eigenvalue weighted by atomic mass is 10.0. The van der Waals surface area contributed by atoms with E-state index in [1.165, 1.54) is 25.7 Å². The lowest BCUT2D eigenvalue weighted by Gasteiger charge is -2.24. The molecule has 4 nitrogen and oxygen atoms in total. The Bertz CT molecular complexity index is 249. The zero-order chi connectivity index (χ0) is 13.5. The van der Waals surface area contributed by atoms with Crippen LogP contribution < -0.4 is 11.1 Å². The van der Waals surface area contributed by atoms with Gasteiger partial charge in [0.05, 0.1) is 0 Å². The average molecular weight is 255 g/mol. The molecular weight excluding hydrogens is 226 g/mol. The Morgan fingerprint density at radius 3 is 2.56 bits per heavy atom. The van der Waals surface area contributed by atoms with E-state index in [9.17, 15) is 4.79 Å². The lowest BCUT2D eigenvalue weighted by molar-refractivity contribution is -0.121. The minimum atomic E-state index is -0.0300. The van der Waals surface area contributed by atoms with Crippen LogP contribution in [0.1, 0.15) is 46.0 Å². The van der Waals surface area contributed by atoms with Gasteiger partial charge >= 0.3 is 0 Å². The maximum Gasteiger partial charge on any atom is 0.221 e. The van der Waals surface area contributed by atoms with Crippen LogP contribution in [0.5, 0.6) is 0 Å². The summed E-state index contributed by atoms with van der Waals surface area (Å²) in [6.07, 6.45) is 5.76. The van der Waals surface area contributed by atoms with E-state index < -0.39 is 0 Å². The van der Waals surface area contributed by atoms with E-state index in [0.717, 1.165) is 19.1 Å². The van der Waals surface area contributed by atoms with Crippen LogP contribution in [0.3, 0.4) is 0 Å². The molecule has 0 bridgehead atoms. The van der Waals surface area contributed by atoms with Gasteiger partial charge in [0.15, 0.2) is 0 Å². The molecule has 0 radical (unpaired) electrons. The summed E-state index contributed by atoms with van der Waals surface area (Å²) in [6.45, 7) is 5.77. The summed E-state index contributed by atoms with van der Waals surface area (Å²) in [5.74, 6) is 0.438. The van der Waals surface area contributed by atoms with E-state index in [-0.39, 0.29) is 11.9 Å². The molecule has 0 spiro atoms. The molecule has 0 aromatic rings. The van der Waals surface area contributed by atoms with Gasteiger partial charge in [-0.25, -0.2) is 0 Å². The summed E-state index contributed by atoms with van der Waals surface area (Å²) in [5, 5.41) is 2.96. The molecule has 0 aromatic heterocycles. The van der Waals surface area contributed by atoms with Crippen molar-refractivity contribution in [2.24, 2.45) is 11.7 Å². The first kappa shape index (κ1) is 15.4. The Hall–Kier alpha value is -0.610. The number of nitrogens with zero attached hydrogens (tertiary/aromatic N) is 1. The van der Waals surface area contributed by atoms with Gasteiger partial charge in [-0.15, -0.1) is 0 Å². The maximum absolute atomic E-state index is 11.7. The molecule has 0 aliphatic heterocycles. The number of likely N-dealkylation sites (N-methyl/N-ethyl adjacent to an activating group) is 1. The van der Waals surface area contributed by atoms with Crippen molar-refractivity contribution < 1.29 is 4.79 Å². The van der Waals surface area contributed by atoms with Crippen LogP contribution >= 0.6 is 0 Å². The lowest BCUT2D eigenvalue weighted by Crippen LogP contribution is -2.40. The second-order valence-corrected chi connectivity index (χ2v) is 5.88. The van der Waals surface area contributed by atoms with Crippen LogP contribution in [0.25, 0.3) is 0 Å². The molecule has 1 atom stereocenters. The quantitative estimate of drug-likeness (QED) is 0.722. The predicted octanol–water partition coefficient (Wildman–Crippen LogP) is 1.35. The minimum Gasteiger partial charge on any atom is -0.355 e. The second-order valence-electron chi connectivity index (χ2n) is 5.88. The van der Waals surface area contributed by atoms with Gasteiger partial charge in [0.25, 0.3) is 0 Å². The van der Waals surface area contributed by atoms with Gasteiger partial charge < -0.3 is 16.0 Å². The van der Waals surface area contributed by atoms with E-state index in [0.29, 0.717) is 12.3 Å². The summed E-state index contributed by atoms with van der Waals surface area (Å²) in [5.41, 5.74) is 5.88. The van der Waals surface area contributed by atoms with E-state index in [2.05, 4.69) is 17.3 Å². The molecule has 0 saturated heterocycles.